The van der Waals surface area contributed by atoms with Crippen LogP contribution in [0.4, 0.5) is 5.13 Å². The molecule has 1 aromatic heterocycles. The first-order valence-electron chi connectivity index (χ1n) is 6.51. The summed E-state index contributed by atoms with van der Waals surface area (Å²) in [6, 6.07) is 0.414. The second-order valence-electron chi connectivity index (χ2n) is 5.39. The van der Waals surface area contributed by atoms with Gasteiger partial charge >= 0.3 is 0 Å². The quantitative estimate of drug-likeness (QED) is 0.893. The van der Waals surface area contributed by atoms with Gasteiger partial charge in [-0.2, -0.15) is 0 Å². The van der Waals surface area contributed by atoms with E-state index in [1.54, 1.807) is 0 Å². The molecule has 1 fully saturated rings. The van der Waals surface area contributed by atoms with E-state index in [4.69, 9.17) is 0 Å². The lowest BCUT2D eigenvalue weighted by atomic mass is 10.0. The Bertz CT molecular complexity index is 372. The summed E-state index contributed by atoms with van der Waals surface area (Å²) in [7, 11) is 0. The van der Waals surface area contributed by atoms with E-state index < -0.39 is 0 Å². The van der Waals surface area contributed by atoms with Crippen molar-refractivity contribution in [3.8, 4) is 0 Å². The third-order valence-electron chi connectivity index (χ3n) is 3.58. The number of rotatable bonds is 4. The van der Waals surface area contributed by atoms with Gasteiger partial charge in [0.25, 0.3) is 0 Å². The van der Waals surface area contributed by atoms with Crippen LogP contribution in [0.15, 0.2) is 6.20 Å². The molecule has 1 aliphatic rings. The number of aromatic nitrogens is 1. The van der Waals surface area contributed by atoms with Gasteiger partial charge in [0.2, 0.25) is 0 Å². The molecule has 1 atom stereocenters. The fourth-order valence-electron chi connectivity index (χ4n) is 2.47. The van der Waals surface area contributed by atoms with Crippen LogP contribution >= 0.6 is 11.3 Å². The minimum Gasteiger partial charge on any atom is -0.343 e. The van der Waals surface area contributed by atoms with E-state index in [1.807, 2.05) is 17.5 Å². The summed E-state index contributed by atoms with van der Waals surface area (Å²) in [5.74, 6) is 0. The average Bonchev–Trinajstić information content (AvgIpc) is 2.84. The number of thiazole rings is 1. The third-order valence-corrected chi connectivity index (χ3v) is 4.78. The normalized spacial score (nSPS) is 20.8. The van der Waals surface area contributed by atoms with E-state index in [1.165, 1.54) is 22.9 Å². The molecule has 2 rings (SSSR count). The molecule has 4 heteroatoms. The van der Waals surface area contributed by atoms with Crippen LogP contribution in [0.3, 0.4) is 0 Å². The summed E-state index contributed by atoms with van der Waals surface area (Å²) in [5, 5.41) is 4.63. The van der Waals surface area contributed by atoms with Gasteiger partial charge in [0.1, 0.15) is 0 Å². The summed E-state index contributed by atoms with van der Waals surface area (Å²) in [5.41, 5.74) is 0.274. The molecule has 1 aromatic rings. The largest absolute Gasteiger partial charge is 0.343 e. The van der Waals surface area contributed by atoms with Crippen LogP contribution in [-0.4, -0.2) is 23.6 Å². The molecule has 0 amide bonds. The van der Waals surface area contributed by atoms with Crippen molar-refractivity contribution >= 4 is 16.5 Å². The first kappa shape index (κ1) is 12.8. The molecule has 0 saturated carbocycles. The van der Waals surface area contributed by atoms with Crippen LogP contribution in [0.1, 0.15) is 51.5 Å². The molecule has 3 nitrogen and oxygen atoms in total. The van der Waals surface area contributed by atoms with Crippen LogP contribution in [0.2, 0.25) is 0 Å². The highest BCUT2D eigenvalue weighted by Crippen LogP contribution is 2.36. The number of nitrogens with zero attached hydrogens (tertiary/aromatic N) is 2. The van der Waals surface area contributed by atoms with Crippen LogP contribution in [-0.2, 0) is 0 Å². The van der Waals surface area contributed by atoms with Gasteiger partial charge in [0.15, 0.2) is 5.13 Å². The molecule has 1 aliphatic heterocycles. The lowest BCUT2D eigenvalue weighted by molar-refractivity contribution is 0.517. The average molecular weight is 253 g/mol. The molecular formula is C13H23N3S. The van der Waals surface area contributed by atoms with Crippen molar-refractivity contribution in [2.75, 3.05) is 18.0 Å². The maximum atomic E-state index is 4.60. The first-order chi connectivity index (χ1) is 8.04. The number of hydrogen-bond acceptors (Lipinski definition) is 4. The Morgan fingerprint density at radius 3 is 2.94 bits per heavy atom. The Kier molecular flexibility index (Phi) is 3.73. The van der Waals surface area contributed by atoms with Crippen molar-refractivity contribution in [1.82, 2.24) is 10.3 Å². The van der Waals surface area contributed by atoms with E-state index in [9.17, 15) is 0 Å². The van der Waals surface area contributed by atoms with Crippen LogP contribution in [0.25, 0.3) is 0 Å². The van der Waals surface area contributed by atoms with Gasteiger partial charge in [-0.05, 0) is 40.2 Å². The van der Waals surface area contributed by atoms with E-state index >= 15 is 0 Å². The smallest absolute Gasteiger partial charge is 0.186 e. The highest BCUT2D eigenvalue weighted by Gasteiger charge is 2.33. The third kappa shape index (κ3) is 2.63. The Morgan fingerprint density at radius 2 is 2.35 bits per heavy atom. The highest BCUT2D eigenvalue weighted by atomic mass is 32.1. The van der Waals surface area contributed by atoms with E-state index in [0.717, 1.165) is 13.1 Å². The van der Waals surface area contributed by atoms with Crippen molar-refractivity contribution in [3.63, 3.8) is 0 Å². The van der Waals surface area contributed by atoms with Crippen molar-refractivity contribution < 1.29 is 0 Å². The van der Waals surface area contributed by atoms with E-state index in [2.05, 4.69) is 42.9 Å². The first-order valence-corrected chi connectivity index (χ1v) is 7.33. The number of nitrogens with one attached hydrogen (secondary N) is 1. The van der Waals surface area contributed by atoms with Crippen molar-refractivity contribution in [2.45, 2.75) is 52.1 Å². The lowest BCUT2D eigenvalue weighted by Crippen LogP contribution is -2.37. The van der Waals surface area contributed by atoms with Crippen molar-refractivity contribution in [1.29, 1.82) is 0 Å². The van der Waals surface area contributed by atoms with Crippen molar-refractivity contribution in [3.05, 3.63) is 11.1 Å². The summed E-state index contributed by atoms with van der Waals surface area (Å²) in [6.45, 7) is 11.1. The molecule has 0 aromatic carbocycles. The molecule has 2 heterocycles. The van der Waals surface area contributed by atoms with Gasteiger partial charge in [-0.1, -0.05) is 6.92 Å². The van der Waals surface area contributed by atoms with Gasteiger partial charge in [0.05, 0.1) is 0 Å². The summed E-state index contributed by atoms with van der Waals surface area (Å²) in [4.78, 5) is 8.40. The minimum atomic E-state index is 0.274. The fraction of sp³-hybridized carbons (Fsp3) is 0.769. The standard InChI is InChI=1S/C13H23N3S/c1-5-14-10(2)11-9-15-12(17-11)16-8-6-7-13(16,3)4/h9-10,14H,5-8H2,1-4H3. The van der Waals surface area contributed by atoms with Gasteiger partial charge in [-0.3, -0.25) is 0 Å². The molecule has 0 aliphatic carbocycles. The van der Waals surface area contributed by atoms with E-state index in [-0.39, 0.29) is 5.54 Å². The molecule has 1 saturated heterocycles. The summed E-state index contributed by atoms with van der Waals surface area (Å²) < 4.78 is 0. The molecule has 0 radical (unpaired) electrons. The van der Waals surface area contributed by atoms with Gasteiger partial charge in [0, 0.05) is 29.2 Å². The van der Waals surface area contributed by atoms with Gasteiger partial charge in [-0.15, -0.1) is 11.3 Å². The van der Waals surface area contributed by atoms with E-state index in [0.29, 0.717) is 6.04 Å². The monoisotopic (exact) mass is 253 g/mol. The zero-order chi connectivity index (χ0) is 12.5. The lowest BCUT2D eigenvalue weighted by Gasteiger charge is -2.31. The summed E-state index contributed by atoms with van der Waals surface area (Å²) in [6.07, 6.45) is 4.58. The van der Waals surface area contributed by atoms with Gasteiger partial charge in [-0.25, -0.2) is 4.98 Å². The predicted molar refractivity (Wildman–Crippen MR) is 74.9 cm³/mol. The number of hydrogen-bond donors (Lipinski definition) is 1. The van der Waals surface area contributed by atoms with Crippen LogP contribution in [0, 0.1) is 0 Å². The highest BCUT2D eigenvalue weighted by molar-refractivity contribution is 7.15. The van der Waals surface area contributed by atoms with Gasteiger partial charge < -0.3 is 10.2 Å². The molecule has 1 unspecified atom stereocenters. The Morgan fingerprint density at radius 1 is 1.59 bits per heavy atom. The minimum absolute atomic E-state index is 0.274. The SMILES string of the molecule is CCNC(C)c1cnc(N2CCCC2(C)C)s1. The van der Waals surface area contributed by atoms with Crippen LogP contribution in [0.5, 0.6) is 0 Å². The Hall–Kier alpha value is -0.610. The molecule has 0 spiro atoms. The van der Waals surface area contributed by atoms with Crippen molar-refractivity contribution in [2.24, 2.45) is 0 Å². The maximum absolute atomic E-state index is 4.60. The second kappa shape index (κ2) is 4.94. The zero-order valence-corrected chi connectivity index (χ0v) is 12.1. The Balaban J connectivity index is 2.13. The molecule has 0 bridgehead atoms. The topological polar surface area (TPSA) is 28.2 Å². The zero-order valence-electron chi connectivity index (χ0n) is 11.3. The van der Waals surface area contributed by atoms with Crippen LogP contribution < -0.4 is 10.2 Å². The molecule has 96 valence electrons. The molecule has 17 heavy (non-hydrogen) atoms. The maximum Gasteiger partial charge on any atom is 0.186 e. The predicted octanol–water partition coefficient (Wildman–Crippen LogP) is 3.19. The molecule has 1 N–H and O–H groups in total. The Labute approximate surface area is 108 Å². The fourth-order valence-corrected chi connectivity index (χ4v) is 3.60. The molecular weight excluding hydrogens is 230 g/mol. The summed E-state index contributed by atoms with van der Waals surface area (Å²) >= 11 is 1.83. The number of anilines is 1. The second-order valence-corrected chi connectivity index (χ2v) is 6.43.